The molecule has 0 saturated heterocycles. The molecule has 0 spiro atoms. The molecule has 0 bridgehead atoms. The van der Waals surface area contributed by atoms with Crippen molar-refractivity contribution in [2.45, 2.75) is 25.2 Å². The van der Waals surface area contributed by atoms with E-state index in [0.717, 1.165) is 25.7 Å². The van der Waals surface area contributed by atoms with Gasteiger partial charge in [-0.05, 0) is 33.5 Å². The maximum atomic E-state index is 10.6. The number of carbonyl (C=O) groups excluding carboxylic acids is 1. The number of nitrogens with one attached hydrogen (secondary N) is 1. The van der Waals surface area contributed by atoms with Gasteiger partial charge in [0.25, 0.3) is 0 Å². The molecule has 0 rings (SSSR count). The third-order valence-corrected chi connectivity index (χ3v) is 1.88. The number of nitrogens with zero attached hydrogens (tertiary/aromatic N) is 1. The largest absolute Gasteiger partial charge is 0.304 e. The van der Waals surface area contributed by atoms with Crippen LogP contribution in [-0.2, 0) is 4.79 Å². The number of hydrogen-bond acceptors (Lipinski definition) is 5. The first kappa shape index (κ1) is 12.5. The van der Waals surface area contributed by atoms with Gasteiger partial charge in [0.15, 0.2) is 0 Å². The number of carbonyl (C=O) groups is 1. The quantitative estimate of drug-likeness (QED) is 0.262. The Labute approximate surface area is 79.4 Å². The first-order chi connectivity index (χ1) is 6.07. The van der Waals surface area contributed by atoms with Gasteiger partial charge in [-0.15, -0.1) is 0 Å². The van der Waals surface area contributed by atoms with Gasteiger partial charge in [-0.1, -0.05) is 0 Å². The number of nitrogens with two attached hydrogens (primary N) is 2. The highest BCUT2D eigenvalue weighted by Crippen LogP contribution is 1.99. The van der Waals surface area contributed by atoms with E-state index in [1.54, 1.807) is 0 Å². The van der Waals surface area contributed by atoms with Crippen LogP contribution in [0.4, 0.5) is 0 Å². The molecule has 5 heteroatoms. The van der Waals surface area contributed by atoms with Gasteiger partial charge >= 0.3 is 0 Å². The fourth-order valence-corrected chi connectivity index (χ4v) is 1.03. The Kier molecular flexibility index (Phi) is 6.70. The molecule has 0 aliphatic rings. The predicted octanol–water partition coefficient (Wildman–Crippen LogP) is -1.31. The number of rotatable bonds is 7. The summed E-state index contributed by atoms with van der Waals surface area (Å²) in [6.07, 6.45) is 2.22. The molecule has 0 aliphatic heterocycles. The van der Waals surface area contributed by atoms with Crippen LogP contribution in [0.2, 0.25) is 0 Å². The van der Waals surface area contributed by atoms with Crippen molar-refractivity contribution in [2.24, 2.45) is 11.5 Å². The van der Waals surface area contributed by atoms with E-state index in [0.29, 0.717) is 0 Å². The summed E-state index contributed by atoms with van der Waals surface area (Å²) in [6, 6.07) is -0.00389. The molecule has 0 fully saturated rings. The Morgan fingerprint density at radius 2 is 2.08 bits per heavy atom. The topological polar surface area (TPSA) is 84.4 Å². The lowest BCUT2D eigenvalue weighted by atomic mass is 10.1. The van der Waals surface area contributed by atoms with Crippen molar-refractivity contribution < 1.29 is 4.79 Å². The zero-order valence-electron chi connectivity index (χ0n) is 8.36. The Morgan fingerprint density at radius 1 is 1.46 bits per heavy atom. The monoisotopic (exact) mass is 188 g/mol. The molecule has 5 nitrogen and oxygen atoms in total. The standard InChI is InChI=1S/C8H20N4O/c1-12(2)7(6-13)4-3-5-11-8(9)10/h6-8,11H,3-5,9-10H2,1-2H3. The summed E-state index contributed by atoms with van der Waals surface area (Å²) in [6.45, 7) is 0.746. The molecule has 0 heterocycles. The molecule has 0 aliphatic carbocycles. The van der Waals surface area contributed by atoms with E-state index in [1.165, 1.54) is 0 Å². The van der Waals surface area contributed by atoms with Gasteiger partial charge < -0.3 is 21.2 Å². The summed E-state index contributed by atoms with van der Waals surface area (Å²) in [5.41, 5.74) is 10.6. The van der Waals surface area contributed by atoms with Crippen molar-refractivity contribution in [2.75, 3.05) is 20.6 Å². The SMILES string of the molecule is CN(C)C(C=O)CCCNC(N)N. The number of hydrogen-bond donors (Lipinski definition) is 3. The van der Waals surface area contributed by atoms with Gasteiger partial charge in [-0.3, -0.25) is 5.32 Å². The van der Waals surface area contributed by atoms with E-state index in [2.05, 4.69) is 5.32 Å². The maximum absolute atomic E-state index is 10.6. The van der Waals surface area contributed by atoms with Crippen molar-refractivity contribution in [3.8, 4) is 0 Å². The van der Waals surface area contributed by atoms with Crippen LogP contribution in [0.1, 0.15) is 12.8 Å². The van der Waals surface area contributed by atoms with Crippen molar-refractivity contribution in [1.29, 1.82) is 0 Å². The van der Waals surface area contributed by atoms with Gasteiger partial charge in [0.1, 0.15) is 12.6 Å². The molecular weight excluding hydrogens is 168 g/mol. The molecule has 0 amide bonds. The van der Waals surface area contributed by atoms with Crippen LogP contribution in [0.15, 0.2) is 0 Å². The fraction of sp³-hybridized carbons (Fsp3) is 0.875. The minimum atomic E-state index is -0.464. The smallest absolute Gasteiger partial charge is 0.137 e. The van der Waals surface area contributed by atoms with Gasteiger partial charge in [-0.2, -0.15) is 0 Å². The Balaban J connectivity index is 3.44. The van der Waals surface area contributed by atoms with E-state index in [-0.39, 0.29) is 6.04 Å². The van der Waals surface area contributed by atoms with E-state index in [1.807, 2.05) is 19.0 Å². The molecule has 0 aromatic rings. The highest BCUT2D eigenvalue weighted by Gasteiger charge is 2.08. The summed E-state index contributed by atoms with van der Waals surface area (Å²) in [4.78, 5) is 12.5. The third kappa shape index (κ3) is 6.65. The lowest BCUT2D eigenvalue weighted by molar-refractivity contribution is -0.111. The van der Waals surface area contributed by atoms with Crippen molar-refractivity contribution in [1.82, 2.24) is 10.2 Å². The predicted molar refractivity (Wildman–Crippen MR) is 52.9 cm³/mol. The minimum Gasteiger partial charge on any atom is -0.304 e. The Bertz CT molecular complexity index is 138. The van der Waals surface area contributed by atoms with Crippen LogP contribution in [-0.4, -0.2) is 44.2 Å². The Hall–Kier alpha value is -0.490. The van der Waals surface area contributed by atoms with Crippen LogP contribution in [0.25, 0.3) is 0 Å². The molecule has 13 heavy (non-hydrogen) atoms. The molecule has 78 valence electrons. The molecule has 5 N–H and O–H groups in total. The molecule has 1 atom stereocenters. The van der Waals surface area contributed by atoms with Crippen molar-refractivity contribution >= 4 is 6.29 Å². The van der Waals surface area contributed by atoms with Crippen LogP contribution in [0.5, 0.6) is 0 Å². The van der Waals surface area contributed by atoms with E-state index < -0.39 is 6.29 Å². The minimum absolute atomic E-state index is 0.00389. The number of likely N-dealkylation sites (N-methyl/N-ethyl adjacent to an activating group) is 1. The highest BCUT2D eigenvalue weighted by atomic mass is 16.1. The second-order valence-corrected chi connectivity index (χ2v) is 3.29. The Morgan fingerprint density at radius 3 is 2.46 bits per heavy atom. The van der Waals surface area contributed by atoms with Crippen LogP contribution in [0.3, 0.4) is 0 Å². The van der Waals surface area contributed by atoms with E-state index in [4.69, 9.17) is 11.5 Å². The van der Waals surface area contributed by atoms with Crippen LogP contribution < -0.4 is 16.8 Å². The molecular formula is C8H20N4O. The van der Waals surface area contributed by atoms with Crippen molar-refractivity contribution in [3.63, 3.8) is 0 Å². The molecule has 1 unspecified atom stereocenters. The van der Waals surface area contributed by atoms with Crippen LogP contribution >= 0.6 is 0 Å². The fourth-order valence-electron chi connectivity index (χ4n) is 1.03. The summed E-state index contributed by atoms with van der Waals surface area (Å²) in [5.74, 6) is 0. The lowest BCUT2D eigenvalue weighted by Gasteiger charge is -2.18. The molecule has 0 radical (unpaired) electrons. The zero-order chi connectivity index (χ0) is 10.3. The molecule has 0 saturated carbocycles. The molecule has 0 aromatic heterocycles. The third-order valence-electron chi connectivity index (χ3n) is 1.88. The summed E-state index contributed by atoms with van der Waals surface area (Å²) >= 11 is 0. The second kappa shape index (κ2) is 6.97. The summed E-state index contributed by atoms with van der Waals surface area (Å²) in [5, 5.41) is 2.88. The molecule has 0 aromatic carbocycles. The maximum Gasteiger partial charge on any atom is 0.137 e. The highest BCUT2D eigenvalue weighted by molar-refractivity contribution is 5.57. The summed E-state index contributed by atoms with van der Waals surface area (Å²) in [7, 11) is 3.78. The van der Waals surface area contributed by atoms with Crippen molar-refractivity contribution in [3.05, 3.63) is 0 Å². The number of aldehydes is 1. The average molecular weight is 188 g/mol. The van der Waals surface area contributed by atoms with Gasteiger partial charge in [-0.25, -0.2) is 0 Å². The van der Waals surface area contributed by atoms with Gasteiger partial charge in [0.2, 0.25) is 0 Å². The van der Waals surface area contributed by atoms with Crippen LogP contribution in [0, 0.1) is 0 Å². The first-order valence-electron chi connectivity index (χ1n) is 4.44. The summed E-state index contributed by atoms with van der Waals surface area (Å²) < 4.78 is 0. The van der Waals surface area contributed by atoms with E-state index >= 15 is 0 Å². The first-order valence-corrected chi connectivity index (χ1v) is 4.44. The zero-order valence-corrected chi connectivity index (χ0v) is 8.36. The average Bonchev–Trinajstić information content (AvgIpc) is 2.03. The van der Waals surface area contributed by atoms with E-state index in [9.17, 15) is 4.79 Å². The van der Waals surface area contributed by atoms with Gasteiger partial charge in [0.05, 0.1) is 6.04 Å². The normalized spacial score (nSPS) is 13.7. The lowest BCUT2D eigenvalue weighted by Crippen LogP contribution is -2.45. The van der Waals surface area contributed by atoms with Gasteiger partial charge in [0, 0.05) is 0 Å². The second-order valence-electron chi connectivity index (χ2n) is 3.29.